The molecule has 0 bridgehead atoms. The molecular weight excluding hydrogens is 356 g/mol. The molecule has 6 nitrogen and oxygen atoms in total. The van der Waals surface area contributed by atoms with Crippen LogP contribution in [0.2, 0.25) is 0 Å². The molecule has 4 atom stereocenters. The fourth-order valence-corrected chi connectivity index (χ4v) is 4.07. The van der Waals surface area contributed by atoms with Crippen LogP contribution in [0.1, 0.15) is 63.2 Å². The minimum atomic E-state index is -0.850. The number of benzene rings is 1. The molecule has 3 rings (SSSR count). The first-order valence-corrected chi connectivity index (χ1v) is 10.3. The number of amides is 2. The van der Waals surface area contributed by atoms with E-state index >= 15 is 0 Å². The van der Waals surface area contributed by atoms with Gasteiger partial charge in [0.2, 0.25) is 5.91 Å². The Kier molecular flexibility index (Phi) is 6.37. The van der Waals surface area contributed by atoms with E-state index in [1.54, 1.807) is 36.1 Å². The number of rotatable bonds is 5. The Labute approximate surface area is 166 Å². The number of esters is 1. The summed E-state index contributed by atoms with van der Waals surface area (Å²) in [6.45, 7) is 6.68. The van der Waals surface area contributed by atoms with Gasteiger partial charge in [-0.1, -0.05) is 26.7 Å². The summed E-state index contributed by atoms with van der Waals surface area (Å²) < 4.78 is 5.36. The fraction of sp³-hybridized carbons (Fsp3) is 0.591. The number of hydrogen-bond acceptors (Lipinski definition) is 4. The van der Waals surface area contributed by atoms with Crippen molar-refractivity contribution in [1.29, 1.82) is 0 Å². The molecule has 1 aliphatic heterocycles. The van der Waals surface area contributed by atoms with Gasteiger partial charge in [0.1, 0.15) is 0 Å². The topological polar surface area (TPSA) is 75.7 Å². The minimum absolute atomic E-state index is 0.104. The average molecular weight is 386 g/mol. The van der Waals surface area contributed by atoms with E-state index in [0.717, 1.165) is 24.9 Å². The second kappa shape index (κ2) is 8.76. The summed E-state index contributed by atoms with van der Waals surface area (Å²) >= 11 is 0. The Morgan fingerprint density at radius 3 is 2.50 bits per heavy atom. The van der Waals surface area contributed by atoms with Crippen LogP contribution in [0.4, 0.5) is 5.69 Å². The van der Waals surface area contributed by atoms with E-state index in [2.05, 4.69) is 19.2 Å². The predicted octanol–water partition coefficient (Wildman–Crippen LogP) is 3.30. The molecule has 2 amide bonds. The lowest BCUT2D eigenvalue weighted by Gasteiger charge is -2.35. The van der Waals surface area contributed by atoms with Crippen LogP contribution in [-0.4, -0.2) is 36.5 Å². The molecule has 1 saturated heterocycles. The lowest BCUT2D eigenvalue weighted by atomic mass is 9.78. The van der Waals surface area contributed by atoms with Crippen molar-refractivity contribution in [2.75, 3.05) is 11.4 Å². The van der Waals surface area contributed by atoms with Crippen molar-refractivity contribution in [2.24, 2.45) is 11.8 Å². The van der Waals surface area contributed by atoms with Gasteiger partial charge in [0.15, 0.2) is 6.10 Å². The average Bonchev–Trinajstić information content (AvgIpc) is 3.11. The second-order valence-corrected chi connectivity index (χ2v) is 8.13. The molecule has 2 aliphatic rings. The molecule has 1 aromatic carbocycles. The zero-order valence-electron chi connectivity index (χ0n) is 16.9. The molecule has 28 heavy (non-hydrogen) atoms. The molecule has 0 aromatic heterocycles. The molecule has 1 heterocycles. The van der Waals surface area contributed by atoms with Gasteiger partial charge in [0, 0.05) is 24.7 Å². The van der Waals surface area contributed by atoms with E-state index in [1.165, 1.54) is 6.42 Å². The largest absolute Gasteiger partial charge is 0.449 e. The Morgan fingerprint density at radius 1 is 1.14 bits per heavy atom. The Morgan fingerprint density at radius 2 is 1.86 bits per heavy atom. The standard InChI is InChI=1S/C22H30N2O4/c1-14-6-4-7-19(15(14)2)23-21(26)16(3)28-22(27)17-9-11-18(12-10-17)24-13-5-8-20(24)25/h9-12,14-16,19H,4-8,13H2,1-3H3,(H,23,26)/t14-,15-,16-,19+/m1/s1. The summed E-state index contributed by atoms with van der Waals surface area (Å²) in [5.41, 5.74) is 1.15. The van der Waals surface area contributed by atoms with Gasteiger partial charge in [0.05, 0.1) is 5.56 Å². The summed E-state index contributed by atoms with van der Waals surface area (Å²) in [5.74, 6) is 0.317. The number of carbonyl (C=O) groups is 3. The van der Waals surface area contributed by atoms with Crippen LogP contribution >= 0.6 is 0 Å². The summed E-state index contributed by atoms with van der Waals surface area (Å²) in [4.78, 5) is 38.4. The van der Waals surface area contributed by atoms with Crippen LogP contribution in [0, 0.1) is 11.8 Å². The highest BCUT2D eigenvalue weighted by atomic mass is 16.5. The van der Waals surface area contributed by atoms with Crippen LogP contribution in [0.25, 0.3) is 0 Å². The maximum absolute atomic E-state index is 12.5. The molecule has 6 heteroatoms. The van der Waals surface area contributed by atoms with Gasteiger partial charge >= 0.3 is 5.97 Å². The Balaban J connectivity index is 1.54. The maximum Gasteiger partial charge on any atom is 0.338 e. The molecule has 1 aliphatic carbocycles. The zero-order chi connectivity index (χ0) is 20.3. The van der Waals surface area contributed by atoms with Crippen molar-refractivity contribution >= 4 is 23.5 Å². The van der Waals surface area contributed by atoms with Crippen molar-refractivity contribution in [1.82, 2.24) is 5.32 Å². The molecule has 0 radical (unpaired) electrons. The molecule has 1 aromatic rings. The molecule has 1 saturated carbocycles. The monoisotopic (exact) mass is 386 g/mol. The number of nitrogens with zero attached hydrogens (tertiary/aromatic N) is 1. The lowest BCUT2D eigenvalue weighted by Crippen LogP contribution is -2.47. The quantitative estimate of drug-likeness (QED) is 0.788. The summed E-state index contributed by atoms with van der Waals surface area (Å²) in [6.07, 6.45) is 3.83. The first-order valence-electron chi connectivity index (χ1n) is 10.3. The summed E-state index contributed by atoms with van der Waals surface area (Å²) in [6, 6.07) is 6.90. The van der Waals surface area contributed by atoms with E-state index in [4.69, 9.17) is 4.74 Å². The second-order valence-electron chi connectivity index (χ2n) is 8.13. The van der Waals surface area contributed by atoms with Crippen molar-refractivity contribution in [3.63, 3.8) is 0 Å². The van der Waals surface area contributed by atoms with E-state index in [9.17, 15) is 14.4 Å². The Hall–Kier alpha value is -2.37. The van der Waals surface area contributed by atoms with Crippen LogP contribution in [0.15, 0.2) is 24.3 Å². The van der Waals surface area contributed by atoms with Crippen LogP contribution in [-0.2, 0) is 14.3 Å². The third-order valence-electron chi connectivity index (χ3n) is 6.18. The number of ether oxygens (including phenoxy) is 1. The summed E-state index contributed by atoms with van der Waals surface area (Å²) in [7, 11) is 0. The molecule has 2 fully saturated rings. The van der Waals surface area contributed by atoms with Gasteiger partial charge in [-0.2, -0.15) is 0 Å². The van der Waals surface area contributed by atoms with Crippen LogP contribution < -0.4 is 10.2 Å². The van der Waals surface area contributed by atoms with E-state index in [-0.39, 0.29) is 17.9 Å². The van der Waals surface area contributed by atoms with Crippen molar-refractivity contribution in [3.05, 3.63) is 29.8 Å². The molecule has 0 spiro atoms. The number of hydrogen-bond donors (Lipinski definition) is 1. The molecule has 152 valence electrons. The number of nitrogens with one attached hydrogen (secondary N) is 1. The predicted molar refractivity (Wildman–Crippen MR) is 107 cm³/mol. The van der Waals surface area contributed by atoms with Gasteiger partial charge < -0.3 is 15.0 Å². The van der Waals surface area contributed by atoms with Crippen molar-refractivity contribution < 1.29 is 19.1 Å². The minimum Gasteiger partial charge on any atom is -0.449 e. The SMILES string of the molecule is C[C@@H]1[C@H](C)CCC[C@@H]1NC(=O)[C@@H](C)OC(=O)c1ccc(N2CCCC2=O)cc1. The fourth-order valence-electron chi connectivity index (χ4n) is 4.07. The van der Waals surface area contributed by atoms with Gasteiger partial charge in [-0.3, -0.25) is 9.59 Å². The van der Waals surface area contributed by atoms with Gasteiger partial charge in [-0.05, 0) is 55.9 Å². The number of anilines is 1. The smallest absolute Gasteiger partial charge is 0.338 e. The Bertz CT molecular complexity index is 731. The van der Waals surface area contributed by atoms with Gasteiger partial charge in [0.25, 0.3) is 5.91 Å². The normalized spacial score (nSPS) is 26.0. The maximum atomic E-state index is 12.5. The molecule has 1 N–H and O–H groups in total. The van der Waals surface area contributed by atoms with Crippen LogP contribution in [0.3, 0.4) is 0 Å². The first kappa shape index (κ1) is 20.4. The highest BCUT2D eigenvalue weighted by molar-refractivity contribution is 5.96. The van der Waals surface area contributed by atoms with Gasteiger partial charge in [-0.25, -0.2) is 4.79 Å². The van der Waals surface area contributed by atoms with E-state index in [0.29, 0.717) is 30.4 Å². The lowest BCUT2D eigenvalue weighted by molar-refractivity contribution is -0.130. The highest BCUT2D eigenvalue weighted by Crippen LogP contribution is 2.29. The zero-order valence-corrected chi connectivity index (χ0v) is 16.9. The van der Waals surface area contributed by atoms with Crippen LogP contribution in [0.5, 0.6) is 0 Å². The summed E-state index contributed by atoms with van der Waals surface area (Å²) in [5, 5.41) is 3.05. The third kappa shape index (κ3) is 4.54. The third-order valence-corrected chi connectivity index (χ3v) is 6.18. The highest BCUT2D eigenvalue weighted by Gasteiger charge is 2.30. The van der Waals surface area contributed by atoms with Crippen molar-refractivity contribution in [3.8, 4) is 0 Å². The van der Waals surface area contributed by atoms with E-state index in [1.807, 2.05) is 0 Å². The first-order chi connectivity index (χ1) is 13.4. The number of carbonyl (C=O) groups excluding carboxylic acids is 3. The van der Waals surface area contributed by atoms with E-state index < -0.39 is 12.1 Å². The van der Waals surface area contributed by atoms with Gasteiger partial charge in [-0.15, -0.1) is 0 Å². The molecule has 0 unspecified atom stereocenters. The molecular formula is C22H30N2O4. The van der Waals surface area contributed by atoms with Crippen molar-refractivity contribution in [2.45, 2.75) is 65.0 Å².